The monoisotopic (exact) mass is 436 g/mol. The summed E-state index contributed by atoms with van der Waals surface area (Å²) in [6, 6.07) is 10.6. The molecule has 2 bridgehead atoms. The second-order valence-electron chi connectivity index (χ2n) is 10.8. The molecular weight excluding hydrogens is 404 g/mol. The molecule has 5 rings (SSSR count). The molecule has 2 atom stereocenters. The Labute approximate surface area is 189 Å². The minimum Gasteiger partial charge on any atom is -0.368 e. The molecule has 3 heterocycles. The van der Waals surface area contributed by atoms with E-state index in [-0.39, 0.29) is 21.4 Å². The Morgan fingerprint density at radius 1 is 0.969 bits per heavy atom. The zero-order valence-corrected chi connectivity index (χ0v) is 19.2. The summed E-state index contributed by atoms with van der Waals surface area (Å²) < 4.78 is 0. The van der Waals surface area contributed by atoms with Crippen LogP contribution in [-0.2, 0) is 0 Å². The maximum Gasteiger partial charge on any atom is 0.353 e. The predicted molar refractivity (Wildman–Crippen MR) is 126 cm³/mol. The Morgan fingerprint density at radius 2 is 1.62 bits per heavy atom. The topological polar surface area (TPSA) is 78.6 Å². The van der Waals surface area contributed by atoms with Crippen LogP contribution in [0.25, 0.3) is 0 Å². The van der Waals surface area contributed by atoms with E-state index in [1.807, 2.05) is 18.2 Å². The summed E-state index contributed by atoms with van der Waals surface area (Å²) in [5.41, 5.74) is 1.66. The molecule has 2 aromatic rings. The summed E-state index contributed by atoms with van der Waals surface area (Å²) in [7, 11) is 0. The van der Waals surface area contributed by atoms with Crippen molar-refractivity contribution in [3.05, 3.63) is 46.8 Å². The van der Waals surface area contributed by atoms with Gasteiger partial charge in [0.2, 0.25) is 11.6 Å². The van der Waals surface area contributed by atoms with Gasteiger partial charge in [-0.25, -0.2) is 9.97 Å². The minimum atomic E-state index is -0.274. The molecule has 2 unspecified atom stereocenters. The zero-order chi connectivity index (χ0) is 22.5. The number of benzene rings is 1. The van der Waals surface area contributed by atoms with Gasteiger partial charge < -0.3 is 14.7 Å². The molecule has 8 heteroatoms. The van der Waals surface area contributed by atoms with Crippen molar-refractivity contribution in [3.8, 4) is 0 Å². The lowest BCUT2D eigenvalue weighted by atomic mass is 9.65. The SMILES string of the molecule is CC1(C)CC2CC(C)(CN2c2ncnc(N3CCN(c4ccccc4)CC3)c2[N+](=O)[O-])C1. The van der Waals surface area contributed by atoms with Gasteiger partial charge in [-0.05, 0) is 42.2 Å². The smallest absolute Gasteiger partial charge is 0.353 e. The number of nitro groups is 1. The zero-order valence-electron chi connectivity index (χ0n) is 19.2. The highest BCUT2D eigenvalue weighted by atomic mass is 16.6. The third kappa shape index (κ3) is 3.76. The van der Waals surface area contributed by atoms with Crippen molar-refractivity contribution in [2.45, 2.75) is 46.1 Å². The molecule has 2 aliphatic heterocycles. The van der Waals surface area contributed by atoms with E-state index >= 15 is 0 Å². The highest BCUT2D eigenvalue weighted by Gasteiger charge is 2.51. The lowest BCUT2D eigenvalue weighted by molar-refractivity contribution is -0.383. The van der Waals surface area contributed by atoms with E-state index in [2.05, 4.69) is 57.6 Å². The number of para-hydroxylation sites is 1. The molecule has 0 spiro atoms. The van der Waals surface area contributed by atoms with Gasteiger partial charge in [0.15, 0.2) is 0 Å². The number of fused-ring (bicyclic) bond motifs is 2. The van der Waals surface area contributed by atoms with Crippen LogP contribution in [0.15, 0.2) is 36.7 Å². The van der Waals surface area contributed by atoms with Crippen LogP contribution in [-0.4, -0.2) is 53.7 Å². The molecule has 0 amide bonds. The van der Waals surface area contributed by atoms with Gasteiger partial charge in [-0.1, -0.05) is 39.0 Å². The van der Waals surface area contributed by atoms with Crippen LogP contribution >= 0.6 is 0 Å². The van der Waals surface area contributed by atoms with Gasteiger partial charge in [-0.15, -0.1) is 0 Å². The van der Waals surface area contributed by atoms with Gasteiger partial charge in [0.25, 0.3) is 0 Å². The molecule has 0 radical (unpaired) electrons. The lowest BCUT2D eigenvalue weighted by Crippen LogP contribution is -2.47. The summed E-state index contributed by atoms with van der Waals surface area (Å²) in [5, 5.41) is 12.3. The standard InChI is InChI=1S/C24H32N6O2/c1-23(2)13-19-14-24(3,15-23)16-29(19)22-20(30(31)32)21(25-17-26-22)28-11-9-27(10-12-28)18-7-5-4-6-8-18/h4-8,17,19H,9-16H2,1-3H3. The first-order valence-electron chi connectivity index (χ1n) is 11.6. The summed E-state index contributed by atoms with van der Waals surface area (Å²) in [4.78, 5) is 27.5. The van der Waals surface area contributed by atoms with E-state index in [0.717, 1.165) is 38.9 Å². The van der Waals surface area contributed by atoms with Crippen LogP contribution in [0.4, 0.5) is 23.0 Å². The Balaban J connectivity index is 1.42. The van der Waals surface area contributed by atoms with Crippen molar-refractivity contribution in [2.24, 2.45) is 10.8 Å². The van der Waals surface area contributed by atoms with E-state index < -0.39 is 0 Å². The number of anilines is 3. The van der Waals surface area contributed by atoms with Crippen LogP contribution in [0.3, 0.4) is 0 Å². The molecule has 170 valence electrons. The molecule has 1 aromatic carbocycles. The fraction of sp³-hybridized carbons (Fsp3) is 0.583. The number of aromatic nitrogens is 2. The molecule has 32 heavy (non-hydrogen) atoms. The maximum atomic E-state index is 12.3. The lowest BCUT2D eigenvalue weighted by Gasteiger charge is -2.39. The van der Waals surface area contributed by atoms with Gasteiger partial charge in [0, 0.05) is 44.5 Å². The van der Waals surface area contributed by atoms with E-state index in [4.69, 9.17) is 0 Å². The molecule has 3 fully saturated rings. The first kappa shape index (κ1) is 21.0. The molecule has 8 nitrogen and oxygen atoms in total. The van der Waals surface area contributed by atoms with Crippen molar-refractivity contribution >= 4 is 23.0 Å². The Bertz CT molecular complexity index is 1000. The predicted octanol–water partition coefficient (Wildman–Crippen LogP) is 4.12. The van der Waals surface area contributed by atoms with Gasteiger partial charge in [-0.3, -0.25) is 10.1 Å². The molecule has 1 saturated carbocycles. The Kier molecular flexibility index (Phi) is 4.98. The second kappa shape index (κ2) is 7.60. The van der Waals surface area contributed by atoms with Crippen LogP contribution in [0, 0.1) is 20.9 Å². The highest BCUT2D eigenvalue weighted by molar-refractivity contribution is 5.72. The molecular formula is C24H32N6O2. The molecule has 2 saturated heterocycles. The molecule has 1 aromatic heterocycles. The Hall–Kier alpha value is -2.90. The first-order valence-corrected chi connectivity index (χ1v) is 11.6. The third-order valence-corrected chi connectivity index (χ3v) is 7.35. The van der Waals surface area contributed by atoms with Crippen molar-refractivity contribution in [1.29, 1.82) is 0 Å². The maximum absolute atomic E-state index is 12.3. The number of piperazine rings is 1. The minimum absolute atomic E-state index is 0.0645. The fourth-order valence-electron chi connectivity index (χ4n) is 6.49. The van der Waals surface area contributed by atoms with E-state index in [0.29, 0.717) is 30.8 Å². The third-order valence-electron chi connectivity index (χ3n) is 7.35. The van der Waals surface area contributed by atoms with Crippen molar-refractivity contribution in [3.63, 3.8) is 0 Å². The molecule has 1 aliphatic carbocycles. The number of hydrogen-bond donors (Lipinski definition) is 0. The number of hydrogen-bond acceptors (Lipinski definition) is 7. The normalized spacial score (nSPS) is 27.0. The van der Waals surface area contributed by atoms with Gasteiger partial charge >= 0.3 is 5.69 Å². The Morgan fingerprint density at radius 3 is 2.31 bits per heavy atom. The van der Waals surface area contributed by atoms with Crippen molar-refractivity contribution < 1.29 is 4.92 Å². The highest BCUT2D eigenvalue weighted by Crippen LogP contribution is 2.54. The van der Waals surface area contributed by atoms with Crippen molar-refractivity contribution in [2.75, 3.05) is 47.4 Å². The molecule has 3 aliphatic rings. The summed E-state index contributed by atoms with van der Waals surface area (Å²) >= 11 is 0. The van der Waals surface area contributed by atoms with Gasteiger partial charge in [0.1, 0.15) is 6.33 Å². The molecule has 0 N–H and O–H groups in total. The van der Waals surface area contributed by atoms with E-state index in [9.17, 15) is 10.1 Å². The van der Waals surface area contributed by atoms with Crippen LogP contribution < -0.4 is 14.7 Å². The van der Waals surface area contributed by atoms with Gasteiger partial charge in [-0.2, -0.15) is 0 Å². The van der Waals surface area contributed by atoms with Crippen molar-refractivity contribution in [1.82, 2.24) is 9.97 Å². The van der Waals surface area contributed by atoms with Crippen LogP contribution in [0.1, 0.15) is 40.0 Å². The quantitative estimate of drug-likeness (QED) is 0.527. The first-order chi connectivity index (χ1) is 15.2. The number of nitrogens with zero attached hydrogens (tertiary/aromatic N) is 6. The van der Waals surface area contributed by atoms with E-state index in [1.165, 1.54) is 12.0 Å². The largest absolute Gasteiger partial charge is 0.368 e. The second-order valence-corrected chi connectivity index (χ2v) is 10.8. The van der Waals surface area contributed by atoms with Crippen LogP contribution in [0.5, 0.6) is 0 Å². The van der Waals surface area contributed by atoms with E-state index in [1.54, 1.807) is 0 Å². The average Bonchev–Trinajstić information content (AvgIpc) is 3.02. The van der Waals surface area contributed by atoms with Crippen LogP contribution in [0.2, 0.25) is 0 Å². The van der Waals surface area contributed by atoms with Gasteiger partial charge in [0.05, 0.1) is 4.92 Å². The fourth-order valence-corrected chi connectivity index (χ4v) is 6.49. The number of rotatable bonds is 4. The summed E-state index contributed by atoms with van der Waals surface area (Å²) in [5.74, 6) is 0.954. The summed E-state index contributed by atoms with van der Waals surface area (Å²) in [6.45, 7) is 10.8. The summed E-state index contributed by atoms with van der Waals surface area (Å²) in [6.07, 6.45) is 4.76. The average molecular weight is 437 g/mol.